The normalized spacial score (nSPS) is 10.3. The fourth-order valence-electron chi connectivity index (χ4n) is 1.39. The maximum absolute atomic E-state index is 11.5. The summed E-state index contributed by atoms with van der Waals surface area (Å²) in [5, 5.41) is 5.75. The molecule has 0 atom stereocenters. The molecule has 104 valence electrons. The molecule has 0 aliphatic heterocycles. The van der Waals surface area contributed by atoms with Crippen molar-refractivity contribution in [3.8, 4) is 5.75 Å². The first-order valence-electron chi connectivity index (χ1n) is 6.46. The van der Waals surface area contributed by atoms with E-state index in [1.807, 2.05) is 24.3 Å². The Bertz CT molecular complexity index is 399. The van der Waals surface area contributed by atoms with Crippen LogP contribution in [-0.4, -0.2) is 25.6 Å². The molecule has 0 spiro atoms. The van der Waals surface area contributed by atoms with Crippen LogP contribution in [0.5, 0.6) is 5.75 Å². The molecule has 1 amide bonds. The van der Waals surface area contributed by atoms with E-state index in [1.54, 1.807) is 6.08 Å². The highest BCUT2D eigenvalue weighted by atomic mass is 16.5. The van der Waals surface area contributed by atoms with Crippen molar-refractivity contribution in [2.75, 3.05) is 25.0 Å². The van der Waals surface area contributed by atoms with Crippen LogP contribution in [0.4, 0.5) is 5.69 Å². The minimum atomic E-state index is -0.0716. The largest absolute Gasteiger partial charge is 0.493 e. The Balaban J connectivity index is 2.38. The Labute approximate surface area is 114 Å². The number of hydrogen-bond acceptors (Lipinski definition) is 3. The third-order valence-electron chi connectivity index (χ3n) is 2.30. The Morgan fingerprint density at radius 1 is 1.37 bits per heavy atom. The van der Waals surface area contributed by atoms with Gasteiger partial charge in [0.15, 0.2) is 0 Å². The van der Waals surface area contributed by atoms with Crippen LogP contribution in [0.2, 0.25) is 0 Å². The lowest BCUT2D eigenvalue weighted by atomic mass is 10.2. The second-order valence-corrected chi connectivity index (χ2v) is 4.70. The summed E-state index contributed by atoms with van der Waals surface area (Å²) in [5.74, 6) is 1.24. The van der Waals surface area contributed by atoms with Crippen molar-refractivity contribution in [1.82, 2.24) is 5.32 Å². The fraction of sp³-hybridized carbons (Fsp3) is 0.400. The van der Waals surface area contributed by atoms with Crippen LogP contribution in [0.1, 0.15) is 13.8 Å². The van der Waals surface area contributed by atoms with E-state index in [4.69, 9.17) is 4.74 Å². The SMILES string of the molecule is C=CCNCC(=O)Nc1ccc(OCC(C)C)cc1. The monoisotopic (exact) mass is 262 g/mol. The number of rotatable bonds is 8. The fourth-order valence-corrected chi connectivity index (χ4v) is 1.39. The van der Waals surface area contributed by atoms with Gasteiger partial charge in [0.05, 0.1) is 13.2 Å². The summed E-state index contributed by atoms with van der Waals surface area (Å²) in [6, 6.07) is 7.38. The van der Waals surface area contributed by atoms with Gasteiger partial charge in [-0.05, 0) is 30.2 Å². The van der Waals surface area contributed by atoms with Crippen LogP contribution in [0.15, 0.2) is 36.9 Å². The standard InChI is InChI=1S/C15H22N2O2/c1-4-9-16-10-15(18)17-13-5-7-14(8-6-13)19-11-12(2)3/h4-8,12,16H,1,9-11H2,2-3H3,(H,17,18). The predicted molar refractivity (Wildman–Crippen MR) is 78.5 cm³/mol. The minimum Gasteiger partial charge on any atom is -0.493 e. The van der Waals surface area contributed by atoms with Crippen LogP contribution in [0.25, 0.3) is 0 Å². The van der Waals surface area contributed by atoms with Crippen LogP contribution >= 0.6 is 0 Å². The molecule has 0 fully saturated rings. The maximum Gasteiger partial charge on any atom is 0.238 e. The molecule has 1 rings (SSSR count). The van der Waals surface area contributed by atoms with Crippen molar-refractivity contribution in [1.29, 1.82) is 0 Å². The molecule has 4 heteroatoms. The quantitative estimate of drug-likeness (QED) is 0.559. The summed E-state index contributed by atoms with van der Waals surface area (Å²) in [6.07, 6.45) is 1.72. The van der Waals surface area contributed by atoms with Crippen molar-refractivity contribution in [3.05, 3.63) is 36.9 Å². The van der Waals surface area contributed by atoms with Gasteiger partial charge in [0, 0.05) is 12.2 Å². The second-order valence-electron chi connectivity index (χ2n) is 4.70. The van der Waals surface area contributed by atoms with E-state index in [9.17, 15) is 4.79 Å². The van der Waals surface area contributed by atoms with Crippen LogP contribution in [0, 0.1) is 5.92 Å². The smallest absolute Gasteiger partial charge is 0.238 e. The number of carbonyl (C=O) groups is 1. The summed E-state index contributed by atoms with van der Waals surface area (Å²) in [4.78, 5) is 11.5. The highest BCUT2D eigenvalue weighted by Crippen LogP contribution is 2.16. The van der Waals surface area contributed by atoms with Gasteiger partial charge in [-0.1, -0.05) is 19.9 Å². The number of benzene rings is 1. The molecule has 0 aromatic heterocycles. The topological polar surface area (TPSA) is 50.4 Å². The van der Waals surface area contributed by atoms with Gasteiger partial charge in [-0.25, -0.2) is 0 Å². The molecule has 0 unspecified atom stereocenters. The molecule has 0 bridgehead atoms. The average Bonchev–Trinajstić information content (AvgIpc) is 2.38. The van der Waals surface area contributed by atoms with Gasteiger partial charge < -0.3 is 15.4 Å². The number of ether oxygens (including phenoxy) is 1. The average molecular weight is 262 g/mol. The van der Waals surface area contributed by atoms with Crippen LogP contribution < -0.4 is 15.4 Å². The molecule has 0 aliphatic rings. The van der Waals surface area contributed by atoms with E-state index >= 15 is 0 Å². The first-order valence-corrected chi connectivity index (χ1v) is 6.46. The van der Waals surface area contributed by atoms with Crippen molar-refractivity contribution in [3.63, 3.8) is 0 Å². The maximum atomic E-state index is 11.5. The van der Waals surface area contributed by atoms with Crippen molar-refractivity contribution in [2.24, 2.45) is 5.92 Å². The van der Waals surface area contributed by atoms with Gasteiger partial charge in [0.25, 0.3) is 0 Å². The third kappa shape index (κ3) is 6.62. The van der Waals surface area contributed by atoms with Crippen LogP contribution in [0.3, 0.4) is 0 Å². The minimum absolute atomic E-state index is 0.0716. The Kier molecular flexibility index (Phi) is 6.68. The second kappa shape index (κ2) is 8.32. The van der Waals surface area contributed by atoms with Gasteiger partial charge in [0.1, 0.15) is 5.75 Å². The summed E-state index contributed by atoms with van der Waals surface area (Å²) in [7, 11) is 0. The number of carbonyl (C=O) groups excluding carboxylic acids is 1. The van der Waals surface area contributed by atoms with Gasteiger partial charge in [-0.3, -0.25) is 4.79 Å². The molecule has 0 saturated carbocycles. The first kappa shape index (κ1) is 15.2. The van der Waals surface area contributed by atoms with Crippen LogP contribution in [-0.2, 0) is 4.79 Å². The summed E-state index contributed by atoms with van der Waals surface area (Å²) >= 11 is 0. The Hall–Kier alpha value is -1.81. The van der Waals surface area contributed by atoms with E-state index in [2.05, 4.69) is 31.1 Å². The van der Waals surface area contributed by atoms with Gasteiger partial charge in [-0.2, -0.15) is 0 Å². The molecular formula is C15H22N2O2. The molecule has 1 aromatic rings. The number of nitrogens with one attached hydrogen (secondary N) is 2. The number of hydrogen-bond donors (Lipinski definition) is 2. The molecule has 1 aromatic carbocycles. The highest BCUT2D eigenvalue weighted by molar-refractivity contribution is 5.92. The van der Waals surface area contributed by atoms with E-state index in [-0.39, 0.29) is 12.5 Å². The molecule has 0 heterocycles. The lowest BCUT2D eigenvalue weighted by Crippen LogP contribution is -2.28. The molecule has 4 nitrogen and oxygen atoms in total. The van der Waals surface area contributed by atoms with Crippen molar-refractivity contribution >= 4 is 11.6 Å². The predicted octanol–water partition coefficient (Wildman–Crippen LogP) is 2.44. The van der Waals surface area contributed by atoms with E-state index in [0.29, 0.717) is 19.1 Å². The zero-order valence-corrected chi connectivity index (χ0v) is 11.6. The van der Waals surface area contributed by atoms with E-state index in [1.165, 1.54) is 0 Å². The summed E-state index contributed by atoms with van der Waals surface area (Å²) in [5.41, 5.74) is 0.766. The van der Waals surface area contributed by atoms with Gasteiger partial charge >= 0.3 is 0 Å². The molecule has 2 N–H and O–H groups in total. The number of amides is 1. The molecule has 0 aliphatic carbocycles. The molecule has 19 heavy (non-hydrogen) atoms. The molecular weight excluding hydrogens is 240 g/mol. The zero-order valence-electron chi connectivity index (χ0n) is 11.6. The Morgan fingerprint density at radius 2 is 2.05 bits per heavy atom. The molecule has 0 saturated heterocycles. The highest BCUT2D eigenvalue weighted by Gasteiger charge is 2.02. The summed E-state index contributed by atoms with van der Waals surface area (Å²) in [6.45, 7) is 9.36. The third-order valence-corrected chi connectivity index (χ3v) is 2.30. The van der Waals surface area contributed by atoms with Crippen molar-refractivity contribution < 1.29 is 9.53 Å². The lowest BCUT2D eigenvalue weighted by Gasteiger charge is -2.10. The van der Waals surface area contributed by atoms with Gasteiger partial charge in [0.2, 0.25) is 5.91 Å². The number of anilines is 1. The van der Waals surface area contributed by atoms with Gasteiger partial charge in [-0.15, -0.1) is 6.58 Å². The molecule has 0 radical (unpaired) electrons. The van der Waals surface area contributed by atoms with E-state index < -0.39 is 0 Å². The van der Waals surface area contributed by atoms with E-state index in [0.717, 1.165) is 11.4 Å². The lowest BCUT2D eigenvalue weighted by molar-refractivity contribution is -0.115. The van der Waals surface area contributed by atoms with Crippen molar-refractivity contribution in [2.45, 2.75) is 13.8 Å². The first-order chi connectivity index (χ1) is 9.11. The zero-order chi connectivity index (χ0) is 14.1. The summed E-state index contributed by atoms with van der Waals surface area (Å²) < 4.78 is 5.57. The Morgan fingerprint density at radius 3 is 2.63 bits per heavy atom.